The highest BCUT2D eigenvalue weighted by atomic mass is 32.1. The zero-order chi connectivity index (χ0) is 9.97. The molecule has 2 N–H and O–H groups in total. The van der Waals surface area contributed by atoms with Crippen LogP contribution in [0.4, 0.5) is 4.79 Å². The van der Waals surface area contributed by atoms with E-state index in [1.165, 1.54) is 0 Å². The Hall–Kier alpha value is -1.10. The van der Waals surface area contributed by atoms with Gasteiger partial charge in [0.2, 0.25) is 0 Å². The molecule has 14 heavy (non-hydrogen) atoms. The summed E-state index contributed by atoms with van der Waals surface area (Å²) in [5, 5.41) is 2.92. The Morgan fingerprint density at radius 1 is 1.64 bits per heavy atom. The minimum absolute atomic E-state index is 0.00486. The number of carbonyl (C=O) groups is 1. The average Bonchev–Trinajstić information content (AvgIpc) is 2.76. The maximum Gasteiger partial charge on any atom is 0.318 e. The van der Waals surface area contributed by atoms with Gasteiger partial charge in [0.05, 0.1) is 6.04 Å². The van der Waals surface area contributed by atoms with Crippen molar-refractivity contribution in [2.75, 3.05) is 18.8 Å². The predicted octanol–water partition coefficient (Wildman–Crippen LogP) is 1.01. The summed E-state index contributed by atoms with van der Waals surface area (Å²) in [7, 11) is 0. The normalized spacial score (nSPS) is 21.4. The zero-order valence-corrected chi connectivity index (χ0v) is 8.63. The van der Waals surface area contributed by atoms with Crippen LogP contribution in [0, 0.1) is 0 Å². The topological polar surface area (TPSA) is 48.1 Å². The molecule has 0 spiro atoms. The lowest BCUT2D eigenvalue weighted by Crippen LogP contribution is -2.29. The second kappa shape index (κ2) is 3.96. The molecule has 0 bridgehead atoms. The van der Waals surface area contributed by atoms with E-state index >= 15 is 0 Å². The van der Waals surface area contributed by atoms with E-state index < -0.39 is 0 Å². The summed E-state index contributed by atoms with van der Waals surface area (Å²) in [5.74, 6) is 0.702. The Labute approximate surface area is 88.1 Å². The fourth-order valence-electron chi connectivity index (χ4n) is 1.65. The quantitative estimate of drug-likeness (QED) is 0.642. The predicted molar refractivity (Wildman–Crippen MR) is 57.5 cm³/mol. The third-order valence-corrected chi connectivity index (χ3v) is 2.58. The van der Waals surface area contributed by atoms with E-state index in [2.05, 4.69) is 22.9 Å². The van der Waals surface area contributed by atoms with Gasteiger partial charge in [0.25, 0.3) is 0 Å². The number of aromatic amines is 1. The van der Waals surface area contributed by atoms with Crippen LogP contribution < -0.4 is 5.32 Å². The molecule has 1 aliphatic heterocycles. The maximum absolute atomic E-state index is 11.4. The molecule has 1 saturated heterocycles. The Morgan fingerprint density at radius 2 is 2.50 bits per heavy atom. The maximum atomic E-state index is 11.4. The van der Waals surface area contributed by atoms with Crippen LogP contribution in [-0.2, 0) is 0 Å². The lowest BCUT2D eigenvalue weighted by Gasteiger charge is -2.11. The van der Waals surface area contributed by atoms with E-state index in [4.69, 9.17) is 0 Å². The molecule has 0 saturated carbocycles. The number of urea groups is 1. The first kappa shape index (κ1) is 9.45. The Kier molecular flexibility index (Phi) is 2.67. The van der Waals surface area contributed by atoms with Gasteiger partial charge in [-0.05, 0) is 11.6 Å². The molecule has 2 amide bonds. The molecule has 2 heterocycles. The van der Waals surface area contributed by atoms with Gasteiger partial charge in [-0.3, -0.25) is 0 Å². The number of H-pyrrole nitrogens is 1. The van der Waals surface area contributed by atoms with E-state index in [1.807, 2.05) is 18.5 Å². The highest BCUT2D eigenvalue weighted by Crippen LogP contribution is 2.19. The number of rotatable bonds is 3. The van der Waals surface area contributed by atoms with Crippen molar-refractivity contribution in [3.05, 3.63) is 24.0 Å². The molecule has 1 fully saturated rings. The largest absolute Gasteiger partial charge is 0.367 e. The van der Waals surface area contributed by atoms with Gasteiger partial charge in [-0.25, -0.2) is 4.79 Å². The molecule has 0 aliphatic carbocycles. The molecule has 2 rings (SSSR count). The van der Waals surface area contributed by atoms with Gasteiger partial charge in [-0.2, -0.15) is 12.6 Å². The first-order valence-corrected chi connectivity index (χ1v) is 5.23. The Balaban J connectivity index is 2.03. The van der Waals surface area contributed by atoms with Crippen molar-refractivity contribution in [1.82, 2.24) is 15.2 Å². The van der Waals surface area contributed by atoms with Crippen molar-refractivity contribution in [1.29, 1.82) is 0 Å². The van der Waals surface area contributed by atoms with E-state index in [-0.39, 0.29) is 12.1 Å². The van der Waals surface area contributed by atoms with E-state index in [1.54, 1.807) is 4.90 Å². The lowest BCUT2D eigenvalue weighted by molar-refractivity contribution is 0.220. The molecule has 4 nitrogen and oxygen atoms in total. The molecule has 0 radical (unpaired) electrons. The summed E-state index contributed by atoms with van der Waals surface area (Å²) in [5.41, 5.74) is 1.13. The van der Waals surface area contributed by atoms with E-state index in [9.17, 15) is 4.79 Å². The van der Waals surface area contributed by atoms with Crippen molar-refractivity contribution < 1.29 is 4.79 Å². The summed E-state index contributed by atoms with van der Waals surface area (Å²) in [6, 6.07) is 2.11. The Morgan fingerprint density at radius 3 is 3.14 bits per heavy atom. The number of aromatic nitrogens is 1. The average molecular weight is 211 g/mol. The number of nitrogens with zero attached hydrogens (tertiary/aromatic N) is 1. The van der Waals surface area contributed by atoms with Crippen LogP contribution in [0.1, 0.15) is 11.6 Å². The molecule has 76 valence electrons. The molecule has 5 heteroatoms. The third kappa shape index (κ3) is 1.72. The molecular weight excluding hydrogens is 198 g/mol. The van der Waals surface area contributed by atoms with E-state index in [0.717, 1.165) is 12.1 Å². The monoisotopic (exact) mass is 211 g/mol. The van der Waals surface area contributed by atoms with Crippen molar-refractivity contribution in [3.8, 4) is 0 Å². The van der Waals surface area contributed by atoms with Crippen molar-refractivity contribution in [3.63, 3.8) is 0 Å². The van der Waals surface area contributed by atoms with Crippen LogP contribution >= 0.6 is 12.6 Å². The van der Waals surface area contributed by atoms with Crippen molar-refractivity contribution in [2.45, 2.75) is 6.04 Å². The fraction of sp³-hybridized carbons (Fsp3) is 0.444. The van der Waals surface area contributed by atoms with Crippen LogP contribution in [0.3, 0.4) is 0 Å². The second-order valence-corrected chi connectivity index (χ2v) is 3.76. The molecule has 1 aliphatic rings. The lowest BCUT2D eigenvalue weighted by atomic mass is 10.2. The molecule has 1 aromatic rings. The number of carbonyl (C=O) groups excluding carboxylic acids is 1. The summed E-state index contributed by atoms with van der Waals surface area (Å²) in [4.78, 5) is 16.2. The fourth-order valence-corrected chi connectivity index (χ4v) is 1.89. The molecule has 1 atom stereocenters. The minimum Gasteiger partial charge on any atom is -0.367 e. The summed E-state index contributed by atoms with van der Waals surface area (Å²) < 4.78 is 0. The number of hydrogen-bond donors (Lipinski definition) is 3. The third-order valence-electron chi connectivity index (χ3n) is 2.38. The summed E-state index contributed by atoms with van der Waals surface area (Å²) in [6.45, 7) is 1.44. The first-order chi connectivity index (χ1) is 6.81. The number of amides is 2. The van der Waals surface area contributed by atoms with Gasteiger partial charge in [-0.1, -0.05) is 0 Å². The van der Waals surface area contributed by atoms with Crippen LogP contribution in [0.5, 0.6) is 0 Å². The van der Waals surface area contributed by atoms with Gasteiger partial charge in [0, 0.05) is 31.2 Å². The standard InChI is InChI=1S/C9H13N3OS/c13-9-11-8(6-12(9)3-4-14)7-1-2-10-5-7/h1-2,5,8,10,14H,3-4,6H2,(H,11,13). The van der Waals surface area contributed by atoms with Crippen molar-refractivity contribution >= 4 is 18.7 Å². The first-order valence-electron chi connectivity index (χ1n) is 4.60. The highest BCUT2D eigenvalue weighted by Gasteiger charge is 2.28. The SMILES string of the molecule is O=C1NC(c2cc[nH]c2)CN1CCS. The minimum atomic E-state index is 0.00486. The van der Waals surface area contributed by atoms with Gasteiger partial charge in [0.15, 0.2) is 0 Å². The van der Waals surface area contributed by atoms with Gasteiger partial charge in [0.1, 0.15) is 0 Å². The summed E-state index contributed by atoms with van der Waals surface area (Å²) >= 11 is 4.11. The molecule has 1 unspecified atom stereocenters. The number of hydrogen-bond acceptors (Lipinski definition) is 2. The van der Waals surface area contributed by atoms with Gasteiger partial charge < -0.3 is 15.2 Å². The second-order valence-electron chi connectivity index (χ2n) is 3.32. The van der Waals surface area contributed by atoms with Gasteiger partial charge >= 0.3 is 6.03 Å². The van der Waals surface area contributed by atoms with Crippen LogP contribution in [0.15, 0.2) is 18.5 Å². The number of thiol groups is 1. The molecule has 0 aromatic carbocycles. The van der Waals surface area contributed by atoms with E-state index in [0.29, 0.717) is 12.3 Å². The smallest absolute Gasteiger partial charge is 0.318 e. The van der Waals surface area contributed by atoms with Crippen molar-refractivity contribution in [2.24, 2.45) is 0 Å². The molecule has 1 aromatic heterocycles. The number of nitrogens with one attached hydrogen (secondary N) is 2. The van der Waals surface area contributed by atoms with Crippen LogP contribution in [0.2, 0.25) is 0 Å². The molecular formula is C9H13N3OS. The van der Waals surface area contributed by atoms with Crippen LogP contribution in [0.25, 0.3) is 0 Å². The highest BCUT2D eigenvalue weighted by molar-refractivity contribution is 7.80. The summed E-state index contributed by atoms with van der Waals surface area (Å²) in [6.07, 6.45) is 3.78. The Bertz CT molecular complexity index is 312. The zero-order valence-electron chi connectivity index (χ0n) is 7.73. The van der Waals surface area contributed by atoms with Crippen LogP contribution in [-0.4, -0.2) is 34.8 Å². The van der Waals surface area contributed by atoms with Gasteiger partial charge in [-0.15, -0.1) is 0 Å².